The van der Waals surface area contributed by atoms with Crippen LogP contribution in [0.25, 0.3) is 0 Å². The Morgan fingerprint density at radius 2 is 2.12 bits per heavy atom. The molecule has 0 aromatic carbocycles. The first-order valence-electron chi connectivity index (χ1n) is 6.56. The lowest BCUT2D eigenvalue weighted by Crippen LogP contribution is -2.41. The lowest BCUT2D eigenvalue weighted by molar-refractivity contribution is -0.130. The summed E-state index contributed by atoms with van der Waals surface area (Å²) in [6.45, 7) is 9.64. The van der Waals surface area contributed by atoms with Gasteiger partial charge in [0.15, 0.2) is 0 Å². The molecule has 2 unspecified atom stereocenters. The Kier molecular flexibility index (Phi) is 2.99. The van der Waals surface area contributed by atoms with E-state index in [0.717, 1.165) is 13.0 Å². The van der Waals surface area contributed by atoms with E-state index in [0.29, 0.717) is 17.2 Å². The summed E-state index contributed by atoms with van der Waals surface area (Å²) < 4.78 is 0. The zero-order valence-electron chi connectivity index (χ0n) is 10.9. The number of hydrogen-bond donors (Lipinski definition) is 1. The fourth-order valence-corrected chi connectivity index (χ4v) is 2.80. The van der Waals surface area contributed by atoms with Gasteiger partial charge in [0.25, 0.3) is 0 Å². The summed E-state index contributed by atoms with van der Waals surface area (Å²) in [5, 5.41) is 3.37. The van der Waals surface area contributed by atoms with Gasteiger partial charge in [-0.25, -0.2) is 0 Å². The average molecular weight is 224 g/mol. The molecule has 2 rings (SSSR count). The summed E-state index contributed by atoms with van der Waals surface area (Å²) >= 11 is 0. The number of nitrogens with one attached hydrogen (secondary N) is 1. The minimum Gasteiger partial charge on any atom is -0.325 e. The van der Waals surface area contributed by atoms with E-state index in [4.69, 9.17) is 0 Å². The topological polar surface area (TPSA) is 32.3 Å². The molecule has 0 spiro atoms. The van der Waals surface area contributed by atoms with Crippen molar-refractivity contribution >= 4 is 5.91 Å². The molecule has 1 saturated heterocycles. The standard InChI is InChI=1S/C13H24N2O/c1-5-11-14-10(4)12(16)15(11)8-13(6-7-13)9(2)3/h9-11,14H,5-8H2,1-4H3. The maximum atomic E-state index is 12.1. The molecule has 1 heterocycles. The number of hydrogen-bond acceptors (Lipinski definition) is 2. The monoisotopic (exact) mass is 224 g/mol. The molecule has 92 valence electrons. The van der Waals surface area contributed by atoms with Crippen molar-refractivity contribution in [2.24, 2.45) is 11.3 Å². The quantitative estimate of drug-likeness (QED) is 0.792. The van der Waals surface area contributed by atoms with Crippen LogP contribution in [-0.2, 0) is 4.79 Å². The number of amides is 1. The highest BCUT2D eigenvalue weighted by atomic mass is 16.2. The zero-order chi connectivity index (χ0) is 11.9. The Labute approximate surface area is 98.6 Å². The summed E-state index contributed by atoms with van der Waals surface area (Å²) in [5.41, 5.74) is 0.425. The lowest BCUT2D eigenvalue weighted by Gasteiger charge is -2.30. The van der Waals surface area contributed by atoms with E-state index < -0.39 is 0 Å². The van der Waals surface area contributed by atoms with Crippen LogP contribution in [0.1, 0.15) is 47.0 Å². The van der Waals surface area contributed by atoms with Gasteiger partial charge < -0.3 is 4.90 Å². The number of rotatable bonds is 4. The van der Waals surface area contributed by atoms with E-state index >= 15 is 0 Å². The van der Waals surface area contributed by atoms with Gasteiger partial charge >= 0.3 is 0 Å². The van der Waals surface area contributed by atoms with Crippen molar-refractivity contribution in [1.29, 1.82) is 0 Å². The number of carbonyl (C=O) groups excluding carboxylic acids is 1. The molecule has 2 atom stereocenters. The van der Waals surface area contributed by atoms with Gasteiger partial charge in [-0.1, -0.05) is 20.8 Å². The molecule has 3 heteroatoms. The van der Waals surface area contributed by atoms with Crippen LogP contribution in [0.2, 0.25) is 0 Å². The Bertz CT molecular complexity index is 284. The second kappa shape index (κ2) is 4.02. The van der Waals surface area contributed by atoms with Gasteiger partial charge in [0, 0.05) is 6.54 Å². The van der Waals surface area contributed by atoms with Gasteiger partial charge in [0.1, 0.15) is 0 Å². The summed E-state index contributed by atoms with van der Waals surface area (Å²) in [4.78, 5) is 14.1. The molecule has 2 aliphatic rings. The van der Waals surface area contributed by atoms with Gasteiger partial charge in [-0.2, -0.15) is 0 Å². The highest BCUT2D eigenvalue weighted by molar-refractivity contribution is 5.84. The van der Waals surface area contributed by atoms with Crippen molar-refractivity contribution in [2.75, 3.05) is 6.54 Å². The summed E-state index contributed by atoms with van der Waals surface area (Å²) in [5.74, 6) is 0.979. The van der Waals surface area contributed by atoms with Crippen LogP contribution < -0.4 is 5.32 Å². The first-order chi connectivity index (χ1) is 7.50. The Balaban J connectivity index is 2.05. The second-order valence-corrected chi connectivity index (χ2v) is 5.80. The predicted molar refractivity (Wildman–Crippen MR) is 64.9 cm³/mol. The van der Waals surface area contributed by atoms with Gasteiger partial charge in [0.2, 0.25) is 5.91 Å². The first kappa shape index (κ1) is 11.9. The Morgan fingerprint density at radius 1 is 1.50 bits per heavy atom. The number of nitrogens with zero attached hydrogens (tertiary/aromatic N) is 1. The van der Waals surface area contributed by atoms with Crippen LogP contribution in [0.4, 0.5) is 0 Å². The molecule has 0 aromatic rings. The van der Waals surface area contributed by atoms with Crippen LogP contribution in [0.15, 0.2) is 0 Å². The van der Waals surface area contributed by atoms with Crippen LogP contribution in [0, 0.1) is 11.3 Å². The molecule has 3 nitrogen and oxygen atoms in total. The van der Waals surface area contributed by atoms with E-state index in [9.17, 15) is 4.79 Å². The van der Waals surface area contributed by atoms with Crippen molar-refractivity contribution in [3.05, 3.63) is 0 Å². The minimum absolute atomic E-state index is 0.00733. The van der Waals surface area contributed by atoms with Crippen molar-refractivity contribution in [2.45, 2.75) is 59.2 Å². The van der Waals surface area contributed by atoms with Gasteiger partial charge in [-0.05, 0) is 37.5 Å². The molecule has 16 heavy (non-hydrogen) atoms. The predicted octanol–water partition coefficient (Wildman–Crippen LogP) is 1.98. The Morgan fingerprint density at radius 3 is 2.56 bits per heavy atom. The maximum Gasteiger partial charge on any atom is 0.240 e. The van der Waals surface area contributed by atoms with E-state index in [1.165, 1.54) is 12.8 Å². The third-order valence-electron chi connectivity index (χ3n) is 4.46. The second-order valence-electron chi connectivity index (χ2n) is 5.80. The van der Waals surface area contributed by atoms with E-state index in [2.05, 4.69) is 31.0 Å². The largest absolute Gasteiger partial charge is 0.325 e. The van der Waals surface area contributed by atoms with Crippen LogP contribution in [-0.4, -0.2) is 29.6 Å². The third kappa shape index (κ3) is 1.86. The number of carbonyl (C=O) groups is 1. The molecule has 0 bridgehead atoms. The summed E-state index contributed by atoms with van der Waals surface area (Å²) in [6.07, 6.45) is 3.85. The molecular weight excluding hydrogens is 200 g/mol. The van der Waals surface area contributed by atoms with Crippen LogP contribution in [0.5, 0.6) is 0 Å². The molecule has 2 fully saturated rings. The van der Waals surface area contributed by atoms with E-state index in [1.807, 2.05) is 6.92 Å². The molecule has 0 aromatic heterocycles. The third-order valence-corrected chi connectivity index (χ3v) is 4.46. The van der Waals surface area contributed by atoms with E-state index in [1.54, 1.807) is 0 Å². The van der Waals surface area contributed by atoms with Crippen molar-refractivity contribution in [3.63, 3.8) is 0 Å². The molecular formula is C13H24N2O. The highest BCUT2D eigenvalue weighted by Crippen LogP contribution is 2.52. The van der Waals surface area contributed by atoms with Gasteiger partial charge in [-0.3, -0.25) is 10.1 Å². The Hall–Kier alpha value is -0.570. The molecule has 1 N–H and O–H groups in total. The molecule has 0 radical (unpaired) electrons. The van der Waals surface area contributed by atoms with Gasteiger partial charge in [-0.15, -0.1) is 0 Å². The first-order valence-corrected chi connectivity index (χ1v) is 6.56. The summed E-state index contributed by atoms with van der Waals surface area (Å²) in [6, 6.07) is 0.00733. The minimum atomic E-state index is 0.00733. The normalized spacial score (nSPS) is 32.6. The molecule has 1 amide bonds. The van der Waals surface area contributed by atoms with Crippen LogP contribution >= 0.6 is 0 Å². The molecule has 1 aliphatic carbocycles. The fraction of sp³-hybridized carbons (Fsp3) is 0.923. The van der Waals surface area contributed by atoms with E-state index in [-0.39, 0.29) is 12.2 Å². The summed E-state index contributed by atoms with van der Waals surface area (Å²) in [7, 11) is 0. The SMILES string of the molecule is CCC1NC(C)C(=O)N1CC1(C(C)C)CC1. The average Bonchev–Trinajstić information content (AvgIpc) is 2.97. The highest BCUT2D eigenvalue weighted by Gasteiger charge is 2.49. The van der Waals surface area contributed by atoms with Gasteiger partial charge in [0.05, 0.1) is 12.2 Å². The zero-order valence-corrected chi connectivity index (χ0v) is 10.9. The van der Waals surface area contributed by atoms with Crippen molar-refractivity contribution in [3.8, 4) is 0 Å². The fourth-order valence-electron chi connectivity index (χ4n) is 2.80. The smallest absolute Gasteiger partial charge is 0.240 e. The lowest BCUT2D eigenvalue weighted by atomic mass is 9.91. The molecule has 1 saturated carbocycles. The van der Waals surface area contributed by atoms with Crippen molar-refractivity contribution in [1.82, 2.24) is 10.2 Å². The van der Waals surface area contributed by atoms with Crippen molar-refractivity contribution < 1.29 is 4.79 Å². The maximum absolute atomic E-state index is 12.1. The van der Waals surface area contributed by atoms with Crippen LogP contribution in [0.3, 0.4) is 0 Å². The molecule has 1 aliphatic heterocycles.